The second kappa shape index (κ2) is 5.93. The van der Waals surface area contributed by atoms with Gasteiger partial charge in [-0.25, -0.2) is 8.42 Å². The van der Waals surface area contributed by atoms with Crippen molar-refractivity contribution >= 4 is 15.8 Å². The summed E-state index contributed by atoms with van der Waals surface area (Å²) in [5, 5.41) is 9.09. The number of aliphatic carboxylic acids is 1. The molecular weight excluding hydrogens is 278 g/mol. The first-order valence-corrected chi connectivity index (χ1v) is 8.40. The summed E-state index contributed by atoms with van der Waals surface area (Å²) >= 11 is 0. The Kier molecular flexibility index (Phi) is 4.45. The van der Waals surface area contributed by atoms with E-state index in [1.165, 1.54) is 0 Å². The van der Waals surface area contributed by atoms with Gasteiger partial charge in [0.1, 0.15) is 0 Å². The number of benzene rings is 1. The Bertz CT molecular complexity index is 570. The van der Waals surface area contributed by atoms with Gasteiger partial charge >= 0.3 is 5.97 Å². The summed E-state index contributed by atoms with van der Waals surface area (Å²) in [4.78, 5) is 13.0. The van der Waals surface area contributed by atoms with E-state index in [2.05, 4.69) is 0 Å². The average molecular weight is 297 g/mol. The van der Waals surface area contributed by atoms with Crippen LogP contribution in [-0.2, 0) is 14.6 Å². The van der Waals surface area contributed by atoms with Gasteiger partial charge < -0.3 is 5.11 Å². The predicted octanol–water partition coefficient (Wildman–Crippen LogP) is 1.32. The molecule has 2 unspecified atom stereocenters. The lowest BCUT2D eigenvalue weighted by molar-refractivity contribution is -0.138. The molecule has 1 aliphatic heterocycles. The number of carboxylic acid groups (broad SMARTS) is 1. The van der Waals surface area contributed by atoms with Gasteiger partial charge in [0.25, 0.3) is 0 Å². The number of nitrogens with zero attached hydrogens (tertiary/aromatic N) is 1. The van der Waals surface area contributed by atoms with Crippen LogP contribution in [0.25, 0.3) is 0 Å². The highest BCUT2D eigenvalue weighted by Gasteiger charge is 2.34. The van der Waals surface area contributed by atoms with Gasteiger partial charge in [0, 0.05) is 12.1 Å². The van der Waals surface area contributed by atoms with E-state index in [0.29, 0.717) is 6.42 Å². The Morgan fingerprint density at radius 3 is 2.55 bits per heavy atom. The monoisotopic (exact) mass is 297 g/mol. The SMILES string of the molecule is CN(C1CCS(=O)(=O)C1)C(CC(=O)O)c1ccccc1. The van der Waals surface area contributed by atoms with Crippen molar-refractivity contribution in [3.63, 3.8) is 0 Å². The van der Waals surface area contributed by atoms with E-state index in [0.717, 1.165) is 5.56 Å². The number of hydrogen-bond donors (Lipinski definition) is 1. The Morgan fingerprint density at radius 2 is 2.05 bits per heavy atom. The summed E-state index contributed by atoms with van der Waals surface area (Å²) in [6.45, 7) is 0. The molecule has 2 rings (SSSR count). The van der Waals surface area contributed by atoms with Crippen LogP contribution in [0.15, 0.2) is 30.3 Å². The molecule has 0 spiro atoms. The fourth-order valence-corrected chi connectivity index (χ4v) is 4.47. The van der Waals surface area contributed by atoms with E-state index < -0.39 is 15.8 Å². The van der Waals surface area contributed by atoms with E-state index in [-0.39, 0.29) is 30.0 Å². The Labute approximate surface area is 119 Å². The van der Waals surface area contributed by atoms with Crippen LogP contribution in [0, 0.1) is 0 Å². The molecule has 0 aliphatic carbocycles. The highest BCUT2D eigenvalue weighted by molar-refractivity contribution is 7.91. The minimum Gasteiger partial charge on any atom is -0.481 e. The summed E-state index contributed by atoms with van der Waals surface area (Å²) in [7, 11) is -1.16. The lowest BCUT2D eigenvalue weighted by Crippen LogP contribution is -2.37. The zero-order valence-corrected chi connectivity index (χ0v) is 12.2. The van der Waals surface area contributed by atoms with E-state index in [4.69, 9.17) is 5.11 Å². The Balaban J connectivity index is 2.21. The average Bonchev–Trinajstić information content (AvgIpc) is 2.76. The smallest absolute Gasteiger partial charge is 0.305 e. The standard InChI is InChI=1S/C14H19NO4S/c1-15(12-7-8-20(18,19)10-12)13(9-14(16)17)11-5-3-2-4-6-11/h2-6,12-13H,7-10H2,1H3,(H,16,17). The molecule has 0 saturated carbocycles. The molecule has 1 N–H and O–H groups in total. The minimum absolute atomic E-state index is 0.0307. The molecule has 0 radical (unpaired) electrons. The Morgan fingerprint density at radius 1 is 1.40 bits per heavy atom. The summed E-state index contributed by atoms with van der Waals surface area (Å²) in [5.41, 5.74) is 0.904. The molecule has 1 aromatic carbocycles. The molecule has 0 amide bonds. The van der Waals surface area contributed by atoms with Gasteiger partial charge in [0.2, 0.25) is 0 Å². The normalized spacial score (nSPS) is 22.8. The van der Waals surface area contributed by atoms with Crippen molar-refractivity contribution in [2.24, 2.45) is 0 Å². The van der Waals surface area contributed by atoms with E-state index in [1.807, 2.05) is 42.3 Å². The third-order valence-electron chi connectivity index (χ3n) is 3.83. The molecule has 1 heterocycles. The number of sulfone groups is 1. The third kappa shape index (κ3) is 3.58. The molecule has 2 atom stereocenters. The van der Waals surface area contributed by atoms with Crippen LogP contribution in [0.4, 0.5) is 0 Å². The maximum absolute atomic E-state index is 11.6. The zero-order valence-electron chi connectivity index (χ0n) is 11.4. The number of carboxylic acids is 1. The van der Waals surface area contributed by atoms with Gasteiger partial charge in [0.15, 0.2) is 9.84 Å². The van der Waals surface area contributed by atoms with Crippen LogP contribution >= 0.6 is 0 Å². The summed E-state index contributed by atoms with van der Waals surface area (Å²) in [6.07, 6.45) is 0.541. The Hall–Kier alpha value is -1.40. The quantitative estimate of drug-likeness (QED) is 0.887. The van der Waals surface area contributed by atoms with Crippen LogP contribution in [0.5, 0.6) is 0 Å². The first-order valence-electron chi connectivity index (χ1n) is 6.58. The van der Waals surface area contributed by atoms with Crippen LogP contribution in [0.3, 0.4) is 0 Å². The maximum atomic E-state index is 11.6. The van der Waals surface area contributed by atoms with Gasteiger partial charge in [0.05, 0.1) is 17.9 Å². The van der Waals surface area contributed by atoms with Crippen molar-refractivity contribution in [3.8, 4) is 0 Å². The summed E-state index contributed by atoms with van der Waals surface area (Å²) in [5.74, 6) is -0.574. The molecular formula is C14H19NO4S. The second-order valence-corrected chi connectivity index (χ2v) is 7.48. The highest BCUT2D eigenvalue weighted by atomic mass is 32.2. The fourth-order valence-electron chi connectivity index (χ4n) is 2.69. The number of carbonyl (C=O) groups is 1. The van der Waals surface area contributed by atoms with Gasteiger partial charge in [-0.3, -0.25) is 9.69 Å². The maximum Gasteiger partial charge on any atom is 0.305 e. The second-order valence-electron chi connectivity index (χ2n) is 5.25. The molecule has 6 heteroatoms. The van der Waals surface area contributed by atoms with Gasteiger partial charge in [-0.2, -0.15) is 0 Å². The van der Waals surface area contributed by atoms with E-state index in [9.17, 15) is 13.2 Å². The molecule has 0 bridgehead atoms. The number of rotatable bonds is 5. The zero-order chi connectivity index (χ0) is 14.8. The van der Waals surface area contributed by atoms with Crippen molar-refractivity contribution in [2.75, 3.05) is 18.6 Å². The van der Waals surface area contributed by atoms with Crippen molar-refractivity contribution < 1.29 is 18.3 Å². The van der Waals surface area contributed by atoms with Crippen LogP contribution in [0.2, 0.25) is 0 Å². The molecule has 0 aromatic heterocycles. The van der Waals surface area contributed by atoms with Crippen molar-refractivity contribution in [2.45, 2.75) is 24.9 Å². The molecule has 1 aliphatic rings. The summed E-state index contributed by atoms with van der Waals surface area (Å²) in [6, 6.07) is 8.96. The predicted molar refractivity (Wildman–Crippen MR) is 76.3 cm³/mol. The minimum atomic E-state index is -2.97. The van der Waals surface area contributed by atoms with Crippen LogP contribution in [-0.4, -0.2) is 49.0 Å². The first-order chi connectivity index (χ1) is 9.39. The lowest BCUT2D eigenvalue weighted by atomic mass is 10.0. The first kappa shape index (κ1) is 15.0. The molecule has 1 fully saturated rings. The van der Waals surface area contributed by atoms with E-state index in [1.54, 1.807) is 0 Å². The van der Waals surface area contributed by atoms with Crippen LogP contribution < -0.4 is 0 Å². The van der Waals surface area contributed by atoms with Gasteiger partial charge in [-0.15, -0.1) is 0 Å². The topological polar surface area (TPSA) is 74.7 Å². The fraction of sp³-hybridized carbons (Fsp3) is 0.500. The van der Waals surface area contributed by atoms with Gasteiger partial charge in [-0.1, -0.05) is 30.3 Å². The molecule has 5 nitrogen and oxygen atoms in total. The van der Waals surface area contributed by atoms with E-state index >= 15 is 0 Å². The molecule has 1 aromatic rings. The van der Waals surface area contributed by atoms with Crippen LogP contribution in [0.1, 0.15) is 24.4 Å². The van der Waals surface area contributed by atoms with Gasteiger partial charge in [-0.05, 0) is 19.0 Å². The summed E-state index contributed by atoms with van der Waals surface area (Å²) < 4.78 is 23.2. The highest BCUT2D eigenvalue weighted by Crippen LogP contribution is 2.28. The number of hydrogen-bond acceptors (Lipinski definition) is 4. The molecule has 20 heavy (non-hydrogen) atoms. The molecule has 1 saturated heterocycles. The third-order valence-corrected chi connectivity index (χ3v) is 5.58. The lowest BCUT2D eigenvalue weighted by Gasteiger charge is -2.32. The van der Waals surface area contributed by atoms with Crippen molar-refractivity contribution in [1.82, 2.24) is 4.90 Å². The largest absolute Gasteiger partial charge is 0.481 e. The van der Waals surface area contributed by atoms with Crippen molar-refractivity contribution in [1.29, 1.82) is 0 Å². The molecule has 110 valence electrons. The van der Waals surface area contributed by atoms with Crippen molar-refractivity contribution in [3.05, 3.63) is 35.9 Å².